The van der Waals surface area contributed by atoms with Crippen LogP contribution in [-0.4, -0.2) is 23.3 Å². The fourth-order valence-electron chi connectivity index (χ4n) is 1.32. The van der Waals surface area contributed by atoms with E-state index >= 15 is 0 Å². The van der Waals surface area contributed by atoms with Gasteiger partial charge in [-0.15, -0.1) is 0 Å². The van der Waals surface area contributed by atoms with Crippen LogP contribution in [0.3, 0.4) is 0 Å². The maximum absolute atomic E-state index is 11.3. The van der Waals surface area contributed by atoms with Crippen LogP contribution in [0, 0.1) is 0 Å². The van der Waals surface area contributed by atoms with E-state index in [1.165, 1.54) is 12.4 Å². The highest BCUT2D eigenvalue weighted by atomic mass is 16.5. The Hall–Kier alpha value is -2.41. The molecule has 0 bridgehead atoms. The fraction of sp³-hybridized carbons (Fsp3) is 0.182. The smallest absolute Gasteiger partial charge is 0.325 e. The number of rotatable bonds is 4. The van der Waals surface area contributed by atoms with Crippen molar-refractivity contribution in [2.24, 2.45) is 4.99 Å². The molecule has 0 amide bonds. The summed E-state index contributed by atoms with van der Waals surface area (Å²) in [6.45, 7) is 0.368. The lowest BCUT2D eigenvalue weighted by Crippen LogP contribution is -2.20. The lowest BCUT2D eigenvalue weighted by atomic mass is 10.4. The van der Waals surface area contributed by atoms with Gasteiger partial charge < -0.3 is 14.1 Å². The number of H-pyrrole nitrogens is 2. The summed E-state index contributed by atoms with van der Waals surface area (Å²) in [5.74, 6) is 1.15. The highest BCUT2D eigenvalue weighted by molar-refractivity contribution is 5.78. The van der Waals surface area contributed by atoms with Crippen LogP contribution in [0.4, 0.5) is 5.69 Å². The van der Waals surface area contributed by atoms with Crippen LogP contribution in [0.15, 0.2) is 37.3 Å². The lowest BCUT2D eigenvalue weighted by Gasteiger charge is -1.92. The molecule has 0 aliphatic heterocycles. The second-order valence-corrected chi connectivity index (χ2v) is 3.45. The fourth-order valence-corrected chi connectivity index (χ4v) is 1.32. The number of methoxy groups -OCH3 is 1. The van der Waals surface area contributed by atoms with Crippen molar-refractivity contribution >= 4 is 11.9 Å². The number of aliphatic imine (C=N–C) groups is 1. The first kappa shape index (κ1) is 12.1. The van der Waals surface area contributed by atoms with Crippen molar-refractivity contribution in [3.8, 4) is 0 Å². The summed E-state index contributed by atoms with van der Waals surface area (Å²) in [5.41, 5.74) is -1.03. The number of aromatic amines is 2. The van der Waals surface area contributed by atoms with Crippen molar-refractivity contribution in [3.05, 3.63) is 50.7 Å². The second-order valence-electron chi connectivity index (χ2n) is 3.45. The van der Waals surface area contributed by atoms with Crippen molar-refractivity contribution in [2.45, 2.75) is 6.61 Å². The summed E-state index contributed by atoms with van der Waals surface area (Å²) in [7, 11) is 1.57. The van der Waals surface area contributed by atoms with Gasteiger partial charge in [-0.2, -0.15) is 0 Å². The quantitative estimate of drug-likeness (QED) is 0.773. The highest BCUT2D eigenvalue weighted by Crippen LogP contribution is 2.08. The standard InChI is InChI=1S/C11H11N3O4/c1-17-6-8-3-2-7(18-8)4-12-9-5-13-11(16)14-10(9)15/h2-5H,6H2,1H3,(H2,13,14,15,16). The van der Waals surface area contributed by atoms with Gasteiger partial charge in [0.05, 0.1) is 6.21 Å². The number of nitrogens with zero attached hydrogens (tertiary/aromatic N) is 1. The third-order valence-electron chi connectivity index (χ3n) is 2.10. The minimum atomic E-state index is -0.570. The Morgan fingerprint density at radius 1 is 1.44 bits per heavy atom. The van der Waals surface area contributed by atoms with Crippen LogP contribution in [-0.2, 0) is 11.3 Å². The normalized spacial score (nSPS) is 11.2. The average molecular weight is 249 g/mol. The van der Waals surface area contributed by atoms with Crippen molar-refractivity contribution in [1.29, 1.82) is 0 Å². The number of nitrogens with one attached hydrogen (secondary N) is 2. The summed E-state index contributed by atoms with van der Waals surface area (Å²) in [6.07, 6.45) is 2.62. The van der Waals surface area contributed by atoms with Crippen molar-refractivity contribution in [1.82, 2.24) is 9.97 Å². The van der Waals surface area contributed by atoms with Gasteiger partial charge in [-0.05, 0) is 12.1 Å². The molecule has 18 heavy (non-hydrogen) atoms. The van der Waals surface area contributed by atoms with E-state index in [0.29, 0.717) is 18.1 Å². The van der Waals surface area contributed by atoms with Gasteiger partial charge in [-0.1, -0.05) is 0 Å². The first-order chi connectivity index (χ1) is 8.69. The molecule has 2 aromatic heterocycles. The number of hydrogen-bond donors (Lipinski definition) is 2. The van der Waals surface area contributed by atoms with Gasteiger partial charge >= 0.3 is 5.69 Å². The zero-order chi connectivity index (χ0) is 13.0. The van der Waals surface area contributed by atoms with E-state index in [2.05, 4.69) is 15.0 Å². The van der Waals surface area contributed by atoms with E-state index in [4.69, 9.17) is 9.15 Å². The second kappa shape index (κ2) is 5.28. The van der Waals surface area contributed by atoms with E-state index in [-0.39, 0.29) is 5.69 Å². The predicted molar refractivity (Wildman–Crippen MR) is 64.4 cm³/mol. The molecule has 0 aliphatic carbocycles. The lowest BCUT2D eigenvalue weighted by molar-refractivity contribution is 0.164. The van der Waals surface area contributed by atoms with Crippen LogP contribution in [0.5, 0.6) is 0 Å². The molecule has 0 fully saturated rings. The molecule has 2 rings (SSSR count). The Bertz CT molecular complexity index is 665. The summed E-state index contributed by atoms with van der Waals surface area (Å²) < 4.78 is 10.3. The number of furan rings is 1. The molecule has 0 aromatic carbocycles. The zero-order valence-electron chi connectivity index (χ0n) is 9.60. The molecule has 0 aliphatic rings. The Kier molecular flexibility index (Phi) is 3.54. The Balaban J connectivity index is 2.19. The minimum absolute atomic E-state index is 0.0966. The molecule has 7 nitrogen and oxygen atoms in total. The largest absolute Gasteiger partial charge is 0.458 e. The van der Waals surface area contributed by atoms with Gasteiger partial charge in [-0.3, -0.25) is 9.78 Å². The van der Waals surface area contributed by atoms with Crippen molar-refractivity contribution < 1.29 is 9.15 Å². The summed E-state index contributed by atoms with van der Waals surface area (Å²) in [4.78, 5) is 30.4. The van der Waals surface area contributed by atoms with Gasteiger partial charge in [-0.25, -0.2) is 9.79 Å². The van der Waals surface area contributed by atoms with E-state index in [9.17, 15) is 9.59 Å². The summed E-state index contributed by atoms with van der Waals surface area (Å²) >= 11 is 0. The molecular formula is C11H11N3O4. The SMILES string of the molecule is COCc1ccc(C=Nc2c[nH]c(=O)[nH]c2=O)o1. The molecule has 0 unspecified atom stereocenters. The van der Waals surface area contributed by atoms with E-state index < -0.39 is 11.2 Å². The Morgan fingerprint density at radius 3 is 3.00 bits per heavy atom. The molecule has 7 heteroatoms. The van der Waals surface area contributed by atoms with Crippen LogP contribution < -0.4 is 11.2 Å². The topological polar surface area (TPSA) is 100 Å². The maximum atomic E-state index is 11.3. The average Bonchev–Trinajstić information content (AvgIpc) is 2.76. The molecule has 0 atom stereocenters. The Morgan fingerprint density at radius 2 is 2.28 bits per heavy atom. The minimum Gasteiger partial charge on any atom is -0.458 e. The van der Waals surface area contributed by atoms with Crippen LogP contribution in [0.25, 0.3) is 0 Å². The van der Waals surface area contributed by atoms with Crippen LogP contribution >= 0.6 is 0 Å². The monoisotopic (exact) mass is 249 g/mol. The van der Waals surface area contributed by atoms with E-state index in [1.807, 2.05) is 0 Å². The predicted octanol–water partition coefficient (Wildman–Crippen LogP) is 0.553. The highest BCUT2D eigenvalue weighted by Gasteiger charge is 2.00. The molecule has 2 aromatic rings. The number of ether oxygens (including phenoxy) is 1. The van der Waals surface area contributed by atoms with Gasteiger partial charge in [0.2, 0.25) is 0 Å². The summed E-state index contributed by atoms with van der Waals surface area (Å²) in [6, 6.07) is 3.46. The molecule has 2 heterocycles. The van der Waals surface area contributed by atoms with Crippen molar-refractivity contribution in [3.63, 3.8) is 0 Å². The molecule has 0 saturated carbocycles. The molecule has 0 radical (unpaired) electrons. The maximum Gasteiger partial charge on any atom is 0.325 e. The molecule has 2 N–H and O–H groups in total. The van der Waals surface area contributed by atoms with E-state index in [1.54, 1.807) is 19.2 Å². The Labute approximate surface area is 101 Å². The molecule has 94 valence electrons. The van der Waals surface area contributed by atoms with Gasteiger partial charge in [0.15, 0.2) is 0 Å². The zero-order valence-corrected chi connectivity index (χ0v) is 9.60. The molecule has 0 saturated heterocycles. The third-order valence-corrected chi connectivity index (χ3v) is 2.10. The first-order valence-electron chi connectivity index (χ1n) is 5.13. The van der Waals surface area contributed by atoms with Gasteiger partial charge in [0, 0.05) is 13.3 Å². The van der Waals surface area contributed by atoms with E-state index in [0.717, 1.165) is 0 Å². The molecule has 0 spiro atoms. The number of hydrogen-bond acceptors (Lipinski definition) is 5. The number of aromatic nitrogens is 2. The van der Waals surface area contributed by atoms with Gasteiger partial charge in [0.1, 0.15) is 23.8 Å². The van der Waals surface area contributed by atoms with Crippen molar-refractivity contribution in [2.75, 3.05) is 7.11 Å². The first-order valence-corrected chi connectivity index (χ1v) is 5.13. The van der Waals surface area contributed by atoms with Gasteiger partial charge in [0.25, 0.3) is 5.56 Å². The summed E-state index contributed by atoms with van der Waals surface area (Å²) in [5, 5.41) is 0. The van der Waals surface area contributed by atoms with Crippen LogP contribution in [0.1, 0.15) is 11.5 Å². The van der Waals surface area contributed by atoms with Crippen LogP contribution in [0.2, 0.25) is 0 Å². The molecular weight excluding hydrogens is 238 g/mol. The third kappa shape index (κ3) is 2.83.